The molecule has 0 saturated carbocycles. The van der Waals surface area contributed by atoms with E-state index in [1.807, 2.05) is 26.8 Å². The number of carbonyl (C=O) groups excluding carboxylic acids is 2. The summed E-state index contributed by atoms with van der Waals surface area (Å²) in [5.41, 5.74) is 0.546. The Morgan fingerprint density at radius 3 is 2.46 bits per heavy atom. The van der Waals surface area contributed by atoms with Gasteiger partial charge in [0.1, 0.15) is 12.2 Å². The number of ether oxygens (including phenoxy) is 4. The summed E-state index contributed by atoms with van der Waals surface area (Å²) < 4.78 is 20.9. The summed E-state index contributed by atoms with van der Waals surface area (Å²) in [4.78, 5) is 23.0. The number of nitrogens with one attached hydrogen (secondary N) is 1. The lowest BCUT2D eigenvalue weighted by molar-refractivity contribution is -0.156. The van der Waals surface area contributed by atoms with Crippen LogP contribution in [0, 0.1) is 0 Å². The monoisotopic (exact) mass is 369 g/mol. The van der Waals surface area contributed by atoms with Crippen LogP contribution in [0.1, 0.15) is 40.0 Å². The maximum Gasteiger partial charge on any atom is 0.407 e. The normalized spacial score (nSPS) is 13.9. The SMILES string of the molecule is CC(C)(C)OC(=O)CCOCCOCCNC(=O)OCC1=CCCC=C1. The molecule has 0 aliphatic heterocycles. The van der Waals surface area contributed by atoms with Gasteiger partial charge >= 0.3 is 12.1 Å². The summed E-state index contributed by atoms with van der Waals surface area (Å²) in [6.45, 7) is 7.58. The number of hydrogen-bond donors (Lipinski definition) is 1. The van der Waals surface area contributed by atoms with Crippen molar-refractivity contribution in [1.29, 1.82) is 0 Å². The zero-order valence-electron chi connectivity index (χ0n) is 16.0. The van der Waals surface area contributed by atoms with E-state index in [1.54, 1.807) is 0 Å². The molecule has 0 fully saturated rings. The number of amides is 1. The second-order valence-electron chi connectivity index (χ2n) is 6.82. The van der Waals surface area contributed by atoms with E-state index in [4.69, 9.17) is 18.9 Å². The van der Waals surface area contributed by atoms with Crippen molar-refractivity contribution in [1.82, 2.24) is 5.32 Å². The van der Waals surface area contributed by atoms with E-state index < -0.39 is 11.7 Å². The van der Waals surface area contributed by atoms with Crippen LogP contribution in [0.5, 0.6) is 0 Å². The van der Waals surface area contributed by atoms with E-state index in [-0.39, 0.29) is 19.0 Å². The molecular weight excluding hydrogens is 338 g/mol. The van der Waals surface area contributed by atoms with E-state index in [9.17, 15) is 9.59 Å². The van der Waals surface area contributed by atoms with Crippen molar-refractivity contribution in [2.24, 2.45) is 0 Å². The van der Waals surface area contributed by atoms with E-state index in [2.05, 4.69) is 17.5 Å². The van der Waals surface area contributed by atoms with Crippen molar-refractivity contribution in [2.75, 3.05) is 39.6 Å². The highest BCUT2D eigenvalue weighted by atomic mass is 16.6. The molecule has 1 aliphatic carbocycles. The molecular formula is C19H31NO6. The predicted octanol–water partition coefficient (Wildman–Crippen LogP) is 2.75. The van der Waals surface area contributed by atoms with Gasteiger partial charge in [0.15, 0.2) is 0 Å². The summed E-state index contributed by atoms with van der Waals surface area (Å²) in [6.07, 6.45) is 7.91. The molecule has 0 aromatic rings. The Morgan fingerprint density at radius 2 is 1.81 bits per heavy atom. The quantitative estimate of drug-likeness (QED) is 0.445. The number of rotatable bonds is 11. The zero-order chi connectivity index (χ0) is 19.3. The zero-order valence-corrected chi connectivity index (χ0v) is 16.0. The van der Waals surface area contributed by atoms with Gasteiger partial charge in [-0.25, -0.2) is 4.79 Å². The maximum absolute atomic E-state index is 11.5. The van der Waals surface area contributed by atoms with Gasteiger partial charge in [-0.2, -0.15) is 0 Å². The molecule has 1 aliphatic rings. The van der Waals surface area contributed by atoms with E-state index in [0.29, 0.717) is 33.0 Å². The first kappa shape index (κ1) is 22.2. The van der Waals surface area contributed by atoms with Gasteiger partial charge in [-0.3, -0.25) is 4.79 Å². The largest absolute Gasteiger partial charge is 0.460 e. The van der Waals surface area contributed by atoms with Crippen LogP contribution < -0.4 is 5.32 Å². The highest BCUT2D eigenvalue weighted by Crippen LogP contribution is 2.09. The van der Waals surface area contributed by atoms with Gasteiger partial charge in [0.25, 0.3) is 0 Å². The Morgan fingerprint density at radius 1 is 1.08 bits per heavy atom. The van der Waals surface area contributed by atoms with Crippen LogP contribution in [0.2, 0.25) is 0 Å². The molecule has 0 spiro atoms. The fourth-order valence-corrected chi connectivity index (χ4v) is 2.07. The Bertz CT molecular complexity index is 493. The molecule has 0 aromatic heterocycles. The summed E-state index contributed by atoms with van der Waals surface area (Å²) in [7, 11) is 0. The van der Waals surface area contributed by atoms with Gasteiger partial charge in [0, 0.05) is 6.54 Å². The number of alkyl carbamates (subject to hydrolysis) is 1. The van der Waals surface area contributed by atoms with Gasteiger partial charge < -0.3 is 24.3 Å². The van der Waals surface area contributed by atoms with Crippen molar-refractivity contribution in [3.63, 3.8) is 0 Å². The molecule has 0 unspecified atom stereocenters. The molecule has 1 amide bonds. The van der Waals surface area contributed by atoms with Crippen LogP contribution in [0.3, 0.4) is 0 Å². The second kappa shape index (κ2) is 12.5. The minimum atomic E-state index is -0.474. The van der Waals surface area contributed by atoms with E-state index >= 15 is 0 Å². The first-order valence-electron chi connectivity index (χ1n) is 9.00. The number of esters is 1. The third kappa shape index (κ3) is 12.5. The summed E-state index contributed by atoms with van der Waals surface area (Å²) in [5, 5.41) is 2.62. The van der Waals surface area contributed by atoms with Crippen molar-refractivity contribution < 1.29 is 28.5 Å². The Hall–Kier alpha value is -1.86. The van der Waals surface area contributed by atoms with Crippen molar-refractivity contribution in [3.05, 3.63) is 23.8 Å². The highest BCUT2D eigenvalue weighted by Gasteiger charge is 2.15. The lowest BCUT2D eigenvalue weighted by Crippen LogP contribution is -2.28. The molecule has 26 heavy (non-hydrogen) atoms. The minimum absolute atomic E-state index is 0.219. The predicted molar refractivity (Wildman–Crippen MR) is 97.9 cm³/mol. The average molecular weight is 369 g/mol. The van der Waals surface area contributed by atoms with Crippen LogP contribution in [0.15, 0.2) is 23.8 Å². The molecule has 1 rings (SSSR count). The first-order valence-corrected chi connectivity index (χ1v) is 9.00. The van der Waals surface area contributed by atoms with E-state index in [0.717, 1.165) is 18.4 Å². The molecule has 0 atom stereocenters. The molecule has 0 bridgehead atoms. The molecule has 0 aromatic carbocycles. The van der Waals surface area contributed by atoms with Crippen LogP contribution >= 0.6 is 0 Å². The number of hydrogen-bond acceptors (Lipinski definition) is 6. The topological polar surface area (TPSA) is 83.1 Å². The van der Waals surface area contributed by atoms with E-state index in [1.165, 1.54) is 0 Å². The first-order chi connectivity index (χ1) is 12.4. The van der Waals surface area contributed by atoms with Crippen molar-refractivity contribution in [3.8, 4) is 0 Å². The molecule has 0 heterocycles. The van der Waals surface area contributed by atoms with Crippen LogP contribution in [-0.4, -0.2) is 57.2 Å². The second-order valence-corrected chi connectivity index (χ2v) is 6.82. The molecule has 7 heteroatoms. The standard InChI is InChI=1S/C19H31NO6/c1-19(2,3)26-17(21)9-11-23-13-14-24-12-10-20-18(22)25-15-16-7-5-4-6-8-16/h5,7-8H,4,6,9-15H2,1-3H3,(H,20,22). The van der Waals surface area contributed by atoms with Gasteiger partial charge in [-0.05, 0) is 39.2 Å². The molecule has 148 valence electrons. The Labute approximate surface area is 155 Å². The van der Waals surface area contributed by atoms with Crippen molar-refractivity contribution >= 4 is 12.1 Å². The maximum atomic E-state index is 11.5. The Kier molecular flexibility index (Phi) is 10.7. The third-order valence-corrected chi connectivity index (χ3v) is 3.20. The summed E-state index contributed by atoms with van der Waals surface area (Å²) in [5.74, 6) is -0.277. The third-order valence-electron chi connectivity index (χ3n) is 3.20. The molecule has 7 nitrogen and oxygen atoms in total. The van der Waals surface area contributed by atoms with Gasteiger partial charge in [-0.1, -0.05) is 18.2 Å². The summed E-state index contributed by atoms with van der Waals surface area (Å²) in [6, 6.07) is 0. The molecule has 0 saturated heterocycles. The minimum Gasteiger partial charge on any atom is -0.460 e. The van der Waals surface area contributed by atoms with Crippen LogP contribution in [0.25, 0.3) is 0 Å². The molecule has 1 N–H and O–H groups in total. The highest BCUT2D eigenvalue weighted by molar-refractivity contribution is 5.69. The van der Waals surface area contributed by atoms with Gasteiger partial charge in [-0.15, -0.1) is 0 Å². The van der Waals surface area contributed by atoms with Crippen LogP contribution in [0.4, 0.5) is 4.79 Å². The smallest absolute Gasteiger partial charge is 0.407 e. The van der Waals surface area contributed by atoms with Crippen LogP contribution in [-0.2, 0) is 23.7 Å². The lowest BCUT2D eigenvalue weighted by Gasteiger charge is -2.19. The number of allylic oxidation sites excluding steroid dienone is 2. The van der Waals surface area contributed by atoms with Gasteiger partial charge in [0.2, 0.25) is 0 Å². The van der Waals surface area contributed by atoms with Crippen molar-refractivity contribution in [2.45, 2.75) is 45.6 Å². The van der Waals surface area contributed by atoms with Gasteiger partial charge in [0.05, 0.1) is 32.8 Å². The number of carbonyl (C=O) groups is 2. The fraction of sp³-hybridized carbons (Fsp3) is 0.684. The fourth-order valence-electron chi connectivity index (χ4n) is 2.07. The average Bonchev–Trinajstić information content (AvgIpc) is 2.58. The molecule has 0 radical (unpaired) electrons. The summed E-state index contributed by atoms with van der Waals surface area (Å²) >= 11 is 0. The lowest BCUT2D eigenvalue weighted by atomic mass is 10.1. The Balaban J connectivity index is 1.88.